The number of alkyl halides is 3. The van der Waals surface area contributed by atoms with Crippen molar-refractivity contribution >= 4 is 17.5 Å². The highest BCUT2D eigenvalue weighted by Crippen LogP contribution is 2.36. The number of hydrogen-bond acceptors (Lipinski definition) is 4. The molecule has 2 rings (SSSR count). The molecule has 1 N–H and O–H groups in total. The molecule has 0 aliphatic heterocycles. The largest absolute Gasteiger partial charge is 0.573 e. The van der Waals surface area contributed by atoms with Crippen molar-refractivity contribution in [3.05, 3.63) is 52.5 Å². The summed E-state index contributed by atoms with van der Waals surface area (Å²) >= 11 is 6.17. The quantitative estimate of drug-likeness (QED) is 0.735. The number of methoxy groups -OCH3 is 1. The lowest BCUT2D eigenvalue weighted by Crippen LogP contribution is -2.23. The van der Waals surface area contributed by atoms with Crippen molar-refractivity contribution < 1.29 is 32.2 Å². The van der Waals surface area contributed by atoms with Crippen LogP contribution in [-0.2, 0) is 6.54 Å². The zero-order chi connectivity index (χ0) is 20.0. The maximum atomic E-state index is 12.2. The molecule has 1 amide bonds. The molecule has 27 heavy (non-hydrogen) atoms. The highest BCUT2D eigenvalue weighted by Gasteiger charge is 2.31. The van der Waals surface area contributed by atoms with Gasteiger partial charge < -0.3 is 19.5 Å². The Balaban J connectivity index is 2.04. The Labute approximate surface area is 159 Å². The molecule has 0 atom stereocenters. The van der Waals surface area contributed by atoms with E-state index in [1.54, 1.807) is 12.1 Å². The smallest absolute Gasteiger partial charge is 0.493 e. The number of carbonyl (C=O) groups is 1. The second-order valence-electron chi connectivity index (χ2n) is 5.30. The monoisotopic (exact) mass is 403 g/mol. The molecule has 0 unspecified atom stereocenters. The molecule has 0 bridgehead atoms. The van der Waals surface area contributed by atoms with Gasteiger partial charge in [0.25, 0.3) is 5.91 Å². The van der Waals surface area contributed by atoms with Gasteiger partial charge in [0, 0.05) is 12.1 Å². The Hall–Kier alpha value is -2.61. The van der Waals surface area contributed by atoms with E-state index < -0.39 is 18.0 Å². The second kappa shape index (κ2) is 8.85. The van der Waals surface area contributed by atoms with E-state index in [0.717, 1.165) is 12.1 Å². The second-order valence-corrected chi connectivity index (χ2v) is 5.70. The highest BCUT2D eigenvalue weighted by molar-refractivity contribution is 6.32. The number of ether oxygens (including phenoxy) is 3. The molecule has 2 aromatic rings. The lowest BCUT2D eigenvalue weighted by molar-refractivity contribution is -0.274. The lowest BCUT2D eigenvalue weighted by atomic mass is 10.1. The minimum atomic E-state index is -4.78. The fourth-order valence-electron chi connectivity index (χ4n) is 2.25. The maximum absolute atomic E-state index is 12.2. The summed E-state index contributed by atoms with van der Waals surface area (Å²) in [7, 11) is 1.47. The molecule has 2 aromatic carbocycles. The molecule has 0 saturated heterocycles. The van der Waals surface area contributed by atoms with Gasteiger partial charge in [0.15, 0.2) is 11.5 Å². The summed E-state index contributed by atoms with van der Waals surface area (Å²) < 4.78 is 50.9. The van der Waals surface area contributed by atoms with Crippen molar-refractivity contribution in [1.29, 1.82) is 0 Å². The predicted octanol–water partition coefficient (Wildman–Crippen LogP) is 4.58. The van der Waals surface area contributed by atoms with Crippen molar-refractivity contribution in [2.45, 2.75) is 19.8 Å². The first-order chi connectivity index (χ1) is 12.7. The van der Waals surface area contributed by atoms with Gasteiger partial charge in [-0.3, -0.25) is 4.79 Å². The topological polar surface area (TPSA) is 56.8 Å². The van der Waals surface area contributed by atoms with Gasteiger partial charge in [-0.05, 0) is 48.9 Å². The third-order valence-corrected chi connectivity index (χ3v) is 3.66. The standard InChI is InChI=1S/C18H17ClF3NO4/c1-3-26-16-14(19)8-11(9-15(16)25-2)10-23-17(24)12-4-6-13(7-5-12)27-18(20,21)22/h4-9H,3,10H2,1-2H3,(H,23,24). The molecule has 0 aliphatic carbocycles. The van der Waals surface area contributed by atoms with E-state index >= 15 is 0 Å². The first kappa shape index (κ1) is 20.7. The summed E-state index contributed by atoms with van der Waals surface area (Å²) in [6.45, 7) is 2.37. The minimum absolute atomic E-state index is 0.141. The van der Waals surface area contributed by atoms with Crippen LogP contribution in [0.2, 0.25) is 5.02 Å². The Morgan fingerprint density at radius 1 is 1.19 bits per heavy atom. The number of benzene rings is 2. The van der Waals surface area contributed by atoms with Gasteiger partial charge >= 0.3 is 6.36 Å². The molecule has 9 heteroatoms. The maximum Gasteiger partial charge on any atom is 0.573 e. The fraction of sp³-hybridized carbons (Fsp3) is 0.278. The summed E-state index contributed by atoms with van der Waals surface area (Å²) in [6, 6.07) is 7.93. The van der Waals surface area contributed by atoms with Crippen LogP contribution in [0.4, 0.5) is 13.2 Å². The van der Waals surface area contributed by atoms with Crippen LogP contribution >= 0.6 is 11.6 Å². The molecule has 5 nitrogen and oxygen atoms in total. The summed E-state index contributed by atoms with van der Waals surface area (Å²) in [5, 5.41) is 3.00. The van der Waals surface area contributed by atoms with Crippen LogP contribution in [0.1, 0.15) is 22.8 Å². The van der Waals surface area contributed by atoms with Gasteiger partial charge in [0.1, 0.15) is 5.75 Å². The number of carbonyl (C=O) groups excluding carboxylic acids is 1. The van der Waals surface area contributed by atoms with Gasteiger partial charge in [0.2, 0.25) is 0 Å². The van der Waals surface area contributed by atoms with Gasteiger partial charge in [-0.25, -0.2) is 0 Å². The van der Waals surface area contributed by atoms with Crippen LogP contribution in [0.5, 0.6) is 17.2 Å². The summed E-state index contributed by atoms with van der Waals surface area (Å²) in [4.78, 5) is 12.2. The van der Waals surface area contributed by atoms with E-state index in [9.17, 15) is 18.0 Å². The van der Waals surface area contributed by atoms with Crippen molar-refractivity contribution in [2.24, 2.45) is 0 Å². The molecule has 0 aliphatic rings. The number of rotatable bonds is 7. The Morgan fingerprint density at radius 2 is 1.85 bits per heavy atom. The average molecular weight is 404 g/mol. The van der Waals surface area contributed by atoms with Gasteiger partial charge in [0.05, 0.1) is 18.7 Å². The molecule has 0 radical (unpaired) electrons. The highest BCUT2D eigenvalue weighted by atomic mass is 35.5. The van der Waals surface area contributed by atoms with Crippen LogP contribution in [0.15, 0.2) is 36.4 Å². The summed E-state index contributed by atoms with van der Waals surface area (Å²) in [5.74, 6) is -0.0149. The first-order valence-corrected chi connectivity index (χ1v) is 8.24. The number of halogens is 4. The molecule has 146 valence electrons. The zero-order valence-corrected chi connectivity index (χ0v) is 15.3. The molecule has 0 fully saturated rings. The molecule has 0 spiro atoms. The fourth-order valence-corrected chi connectivity index (χ4v) is 2.54. The third-order valence-electron chi connectivity index (χ3n) is 3.38. The number of amides is 1. The van der Waals surface area contributed by atoms with E-state index in [1.165, 1.54) is 19.2 Å². The minimum Gasteiger partial charge on any atom is -0.493 e. The van der Waals surface area contributed by atoms with Crippen molar-refractivity contribution in [1.82, 2.24) is 5.32 Å². The summed E-state index contributed by atoms with van der Waals surface area (Å²) in [5.41, 5.74) is 0.860. The Morgan fingerprint density at radius 3 is 2.41 bits per heavy atom. The van der Waals surface area contributed by atoms with E-state index in [2.05, 4.69) is 10.1 Å². The third kappa shape index (κ3) is 5.96. The number of nitrogens with one attached hydrogen (secondary N) is 1. The Kier molecular flexibility index (Phi) is 6.79. The summed E-state index contributed by atoms with van der Waals surface area (Å²) in [6.07, 6.45) is -4.78. The lowest BCUT2D eigenvalue weighted by Gasteiger charge is -2.14. The zero-order valence-electron chi connectivity index (χ0n) is 14.5. The SMILES string of the molecule is CCOc1c(Cl)cc(CNC(=O)c2ccc(OC(F)(F)F)cc2)cc1OC. The van der Waals surface area contributed by atoms with E-state index in [4.69, 9.17) is 21.1 Å². The molecule has 0 heterocycles. The number of hydrogen-bond donors (Lipinski definition) is 1. The van der Waals surface area contributed by atoms with Crippen molar-refractivity contribution in [3.63, 3.8) is 0 Å². The van der Waals surface area contributed by atoms with E-state index in [1.807, 2.05) is 6.92 Å². The molecular formula is C18H17ClF3NO4. The Bertz CT molecular complexity index is 794. The van der Waals surface area contributed by atoms with Crippen molar-refractivity contribution in [3.8, 4) is 17.2 Å². The van der Waals surface area contributed by atoms with Crippen LogP contribution in [0, 0.1) is 0 Å². The van der Waals surface area contributed by atoms with Crippen LogP contribution in [-0.4, -0.2) is 26.0 Å². The van der Waals surface area contributed by atoms with Crippen LogP contribution < -0.4 is 19.5 Å². The molecule has 0 saturated carbocycles. The normalized spacial score (nSPS) is 11.0. The van der Waals surface area contributed by atoms with E-state index in [0.29, 0.717) is 28.7 Å². The average Bonchev–Trinajstić information content (AvgIpc) is 2.61. The molecular weight excluding hydrogens is 387 g/mol. The molecule has 0 aromatic heterocycles. The van der Waals surface area contributed by atoms with Crippen molar-refractivity contribution in [2.75, 3.05) is 13.7 Å². The van der Waals surface area contributed by atoms with Gasteiger partial charge in [-0.1, -0.05) is 11.6 Å². The first-order valence-electron chi connectivity index (χ1n) is 7.86. The van der Waals surface area contributed by atoms with Gasteiger partial charge in [-0.15, -0.1) is 13.2 Å². The predicted molar refractivity (Wildman–Crippen MR) is 93.5 cm³/mol. The van der Waals surface area contributed by atoms with Gasteiger partial charge in [-0.2, -0.15) is 0 Å². The van der Waals surface area contributed by atoms with Crippen LogP contribution in [0.3, 0.4) is 0 Å². The van der Waals surface area contributed by atoms with Crippen LogP contribution in [0.25, 0.3) is 0 Å². The van der Waals surface area contributed by atoms with E-state index in [-0.39, 0.29) is 12.1 Å².